The van der Waals surface area contributed by atoms with Crippen molar-refractivity contribution < 1.29 is 4.74 Å². The minimum atomic E-state index is 0.528. The molecule has 16 heavy (non-hydrogen) atoms. The van der Waals surface area contributed by atoms with E-state index in [0.29, 0.717) is 5.92 Å². The van der Waals surface area contributed by atoms with Crippen molar-refractivity contribution in [2.45, 2.75) is 25.7 Å². The van der Waals surface area contributed by atoms with Crippen LogP contribution in [0.3, 0.4) is 0 Å². The van der Waals surface area contributed by atoms with Gasteiger partial charge in [0.15, 0.2) is 0 Å². The molecule has 4 heteroatoms. The van der Waals surface area contributed by atoms with Crippen molar-refractivity contribution in [2.24, 2.45) is 5.92 Å². The first-order valence-corrected chi connectivity index (χ1v) is 6.92. The van der Waals surface area contributed by atoms with Crippen molar-refractivity contribution in [1.29, 1.82) is 0 Å². The van der Waals surface area contributed by atoms with Crippen LogP contribution >= 0.6 is 11.3 Å². The van der Waals surface area contributed by atoms with Gasteiger partial charge in [-0.25, -0.2) is 4.98 Å². The van der Waals surface area contributed by atoms with E-state index in [1.54, 1.807) is 11.3 Å². The zero-order valence-electron chi connectivity index (χ0n) is 9.82. The van der Waals surface area contributed by atoms with E-state index in [0.717, 1.165) is 32.2 Å². The first-order valence-electron chi connectivity index (χ1n) is 6.04. The van der Waals surface area contributed by atoms with Gasteiger partial charge in [0, 0.05) is 37.3 Å². The zero-order chi connectivity index (χ0) is 11.2. The first-order chi connectivity index (χ1) is 7.86. The topological polar surface area (TPSA) is 34.1 Å². The SMILES string of the molecule is CC(CNCC1CCOCC1)c1nccs1. The molecule has 0 bridgehead atoms. The molecule has 90 valence electrons. The molecule has 0 amide bonds. The number of aromatic nitrogens is 1. The largest absolute Gasteiger partial charge is 0.381 e. The molecule has 1 aromatic rings. The molecule has 0 aromatic carbocycles. The molecule has 1 aliphatic heterocycles. The van der Waals surface area contributed by atoms with Crippen molar-refractivity contribution in [2.75, 3.05) is 26.3 Å². The molecule has 1 aliphatic rings. The monoisotopic (exact) mass is 240 g/mol. The van der Waals surface area contributed by atoms with Crippen LogP contribution in [-0.4, -0.2) is 31.3 Å². The summed E-state index contributed by atoms with van der Waals surface area (Å²) >= 11 is 1.75. The third-order valence-electron chi connectivity index (χ3n) is 3.10. The van der Waals surface area contributed by atoms with Crippen LogP contribution < -0.4 is 5.32 Å². The van der Waals surface area contributed by atoms with Gasteiger partial charge in [0.05, 0.1) is 5.01 Å². The minimum absolute atomic E-state index is 0.528. The summed E-state index contributed by atoms with van der Waals surface area (Å²) in [5, 5.41) is 6.84. The lowest BCUT2D eigenvalue weighted by atomic mass is 10.0. The van der Waals surface area contributed by atoms with E-state index < -0.39 is 0 Å². The van der Waals surface area contributed by atoms with Gasteiger partial charge in [-0.05, 0) is 25.3 Å². The van der Waals surface area contributed by atoms with E-state index in [-0.39, 0.29) is 0 Å². The van der Waals surface area contributed by atoms with Gasteiger partial charge in [0.25, 0.3) is 0 Å². The highest BCUT2D eigenvalue weighted by atomic mass is 32.1. The smallest absolute Gasteiger partial charge is 0.0965 e. The number of rotatable bonds is 5. The standard InChI is InChI=1S/C12H20N2OS/c1-10(12-14-4-7-16-12)8-13-9-11-2-5-15-6-3-11/h4,7,10-11,13H,2-3,5-6,8-9H2,1H3. The Morgan fingerprint density at radius 1 is 1.56 bits per heavy atom. The highest BCUT2D eigenvalue weighted by molar-refractivity contribution is 7.09. The summed E-state index contributed by atoms with van der Waals surface area (Å²) in [4.78, 5) is 4.34. The van der Waals surface area contributed by atoms with Crippen molar-refractivity contribution in [3.05, 3.63) is 16.6 Å². The van der Waals surface area contributed by atoms with Crippen LogP contribution in [0.4, 0.5) is 0 Å². The lowest BCUT2D eigenvalue weighted by Gasteiger charge is -2.22. The van der Waals surface area contributed by atoms with Gasteiger partial charge in [0.2, 0.25) is 0 Å². The molecular weight excluding hydrogens is 220 g/mol. The second-order valence-electron chi connectivity index (χ2n) is 4.49. The van der Waals surface area contributed by atoms with Crippen molar-refractivity contribution in [3.8, 4) is 0 Å². The van der Waals surface area contributed by atoms with Crippen LogP contribution in [0.25, 0.3) is 0 Å². The van der Waals surface area contributed by atoms with E-state index in [1.807, 2.05) is 11.6 Å². The average molecular weight is 240 g/mol. The Morgan fingerprint density at radius 3 is 3.06 bits per heavy atom. The Labute approximate surface area is 101 Å². The van der Waals surface area contributed by atoms with Gasteiger partial charge < -0.3 is 10.1 Å². The van der Waals surface area contributed by atoms with Crippen molar-refractivity contribution in [1.82, 2.24) is 10.3 Å². The van der Waals surface area contributed by atoms with Crippen LogP contribution in [0.2, 0.25) is 0 Å². The summed E-state index contributed by atoms with van der Waals surface area (Å²) < 4.78 is 5.35. The van der Waals surface area contributed by atoms with Crippen molar-refractivity contribution >= 4 is 11.3 Å². The van der Waals surface area contributed by atoms with Crippen molar-refractivity contribution in [3.63, 3.8) is 0 Å². The Bertz CT molecular complexity index is 283. The Balaban J connectivity index is 1.63. The fourth-order valence-electron chi connectivity index (χ4n) is 2.02. The number of thiazole rings is 1. The second kappa shape index (κ2) is 6.33. The number of nitrogens with zero attached hydrogens (tertiary/aromatic N) is 1. The van der Waals surface area contributed by atoms with Crippen LogP contribution in [0.15, 0.2) is 11.6 Å². The molecule has 1 aromatic heterocycles. The van der Waals surface area contributed by atoms with E-state index in [4.69, 9.17) is 4.74 Å². The van der Waals surface area contributed by atoms with Crippen LogP contribution in [0, 0.1) is 5.92 Å². The summed E-state index contributed by atoms with van der Waals surface area (Å²) in [5.74, 6) is 1.33. The average Bonchev–Trinajstić information content (AvgIpc) is 2.84. The van der Waals surface area contributed by atoms with Crippen LogP contribution in [-0.2, 0) is 4.74 Å². The maximum Gasteiger partial charge on any atom is 0.0965 e. The fraction of sp³-hybridized carbons (Fsp3) is 0.750. The third-order valence-corrected chi connectivity index (χ3v) is 4.10. The first kappa shape index (κ1) is 12.0. The molecule has 0 spiro atoms. The molecule has 1 fully saturated rings. The van der Waals surface area contributed by atoms with E-state index >= 15 is 0 Å². The summed E-state index contributed by atoms with van der Waals surface area (Å²) in [5.41, 5.74) is 0. The molecule has 1 N–H and O–H groups in total. The Hall–Kier alpha value is -0.450. The Morgan fingerprint density at radius 2 is 2.38 bits per heavy atom. The number of nitrogens with one attached hydrogen (secondary N) is 1. The van der Waals surface area contributed by atoms with Crippen LogP contribution in [0.5, 0.6) is 0 Å². The van der Waals surface area contributed by atoms with Gasteiger partial charge in [-0.3, -0.25) is 0 Å². The van der Waals surface area contributed by atoms with Crippen LogP contribution in [0.1, 0.15) is 30.7 Å². The van der Waals surface area contributed by atoms with E-state index in [2.05, 4.69) is 17.2 Å². The predicted molar refractivity (Wildman–Crippen MR) is 66.9 cm³/mol. The third kappa shape index (κ3) is 3.54. The molecule has 1 atom stereocenters. The fourth-order valence-corrected chi connectivity index (χ4v) is 2.72. The molecule has 3 nitrogen and oxygen atoms in total. The summed E-state index contributed by atoms with van der Waals surface area (Å²) in [6, 6.07) is 0. The van der Waals surface area contributed by atoms with E-state index in [1.165, 1.54) is 17.8 Å². The Kier molecular flexibility index (Phi) is 4.75. The highest BCUT2D eigenvalue weighted by Gasteiger charge is 2.14. The molecule has 0 saturated carbocycles. The molecule has 2 heterocycles. The van der Waals surface area contributed by atoms with Gasteiger partial charge in [-0.2, -0.15) is 0 Å². The number of hydrogen-bond donors (Lipinski definition) is 1. The maximum absolute atomic E-state index is 5.35. The van der Waals surface area contributed by atoms with Gasteiger partial charge in [0.1, 0.15) is 0 Å². The normalized spacial score (nSPS) is 19.8. The van der Waals surface area contributed by atoms with Gasteiger partial charge in [-0.1, -0.05) is 6.92 Å². The molecule has 0 aliphatic carbocycles. The maximum atomic E-state index is 5.35. The highest BCUT2D eigenvalue weighted by Crippen LogP contribution is 2.17. The molecular formula is C12H20N2OS. The minimum Gasteiger partial charge on any atom is -0.381 e. The number of hydrogen-bond acceptors (Lipinski definition) is 4. The molecule has 1 saturated heterocycles. The number of ether oxygens (including phenoxy) is 1. The zero-order valence-corrected chi connectivity index (χ0v) is 10.6. The molecule has 2 rings (SSSR count). The van der Waals surface area contributed by atoms with Gasteiger partial charge in [-0.15, -0.1) is 11.3 Å². The van der Waals surface area contributed by atoms with Gasteiger partial charge >= 0.3 is 0 Å². The molecule has 0 radical (unpaired) electrons. The second-order valence-corrected chi connectivity index (χ2v) is 5.41. The lowest BCUT2D eigenvalue weighted by molar-refractivity contribution is 0.0663. The van der Waals surface area contributed by atoms with E-state index in [9.17, 15) is 0 Å². The summed E-state index contributed by atoms with van der Waals surface area (Å²) in [6.07, 6.45) is 4.30. The summed E-state index contributed by atoms with van der Waals surface area (Å²) in [6.45, 7) is 6.27. The lowest BCUT2D eigenvalue weighted by Crippen LogP contribution is -2.30. The molecule has 1 unspecified atom stereocenters. The predicted octanol–water partition coefficient (Wildman–Crippen LogP) is 2.26. The summed E-state index contributed by atoms with van der Waals surface area (Å²) in [7, 11) is 0. The quantitative estimate of drug-likeness (QED) is 0.857.